The Morgan fingerprint density at radius 2 is 1.86 bits per heavy atom. The van der Waals surface area contributed by atoms with Gasteiger partial charge in [-0.1, -0.05) is 16.3 Å². The van der Waals surface area contributed by atoms with E-state index in [1.807, 2.05) is 5.38 Å². The lowest BCUT2D eigenvalue weighted by atomic mass is 9.96. The largest absolute Gasteiger partial charge is 0.496 e. The number of benzene rings is 1. The van der Waals surface area contributed by atoms with Gasteiger partial charge in [-0.3, -0.25) is 4.79 Å². The Hall–Kier alpha value is -3.84. The molecule has 9 nitrogen and oxygen atoms in total. The van der Waals surface area contributed by atoms with Gasteiger partial charge in [0.2, 0.25) is 5.82 Å². The number of H-pyrrole nitrogens is 1. The molecule has 10 heteroatoms. The molecule has 3 heterocycles. The number of nitrogens with zero attached hydrogens (tertiary/aromatic N) is 3. The molecular weight excluding hydrogens is 394 g/mol. The van der Waals surface area contributed by atoms with Gasteiger partial charge in [0.05, 0.1) is 27.5 Å². The molecule has 0 bridgehead atoms. The molecule has 1 aromatic carbocycles. The molecule has 0 radical (unpaired) electrons. The number of ether oxygens (including phenoxy) is 3. The van der Waals surface area contributed by atoms with E-state index < -0.39 is 5.56 Å². The van der Waals surface area contributed by atoms with E-state index in [-0.39, 0.29) is 16.8 Å². The van der Waals surface area contributed by atoms with Crippen molar-refractivity contribution < 1.29 is 18.6 Å². The number of aromatic amines is 1. The van der Waals surface area contributed by atoms with Crippen molar-refractivity contribution in [1.29, 1.82) is 5.26 Å². The third-order valence-corrected chi connectivity index (χ3v) is 5.36. The fourth-order valence-electron chi connectivity index (χ4n) is 3.28. The third-order valence-electron chi connectivity index (χ3n) is 4.58. The number of nitrogen functional groups attached to an aromatic ring is 1. The zero-order chi connectivity index (χ0) is 20.7. The lowest BCUT2D eigenvalue weighted by molar-refractivity contribution is -0.482. The van der Waals surface area contributed by atoms with E-state index in [1.165, 1.54) is 32.7 Å². The van der Waals surface area contributed by atoms with E-state index in [9.17, 15) is 10.1 Å². The quantitative estimate of drug-likeness (QED) is 0.492. The van der Waals surface area contributed by atoms with Gasteiger partial charge in [0.1, 0.15) is 22.8 Å². The van der Waals surface area contributed by atoms with Crippen LogP contribution in [-0.4, -0.2) is 31.3 Å². The smallest absolute Gasteiger partial charge is 0.319 e. The van der Waals surface area contributed by atoms with E-state index in [0.29, 0.717) is 39.0 Å². The Labute approximate surface area is 168 Å². The number of nitrogens with one attached hydrogen (secondary N) is 1. The Morgan fingerprint density at radius 1 is 1.17 bits per heavy atom. The number of methoxy groups -OCH3 is 3. The van der Waals surface area contributed by atoms with Gasteiger partial charge in [-0.2, -0.15) is 9.66 Å². The average Bonchev–Trinajstić information content (AvgIpc) is 3.20. The molecule has 0 saturated heterocycles. The van der Waals surface area contributed by atoms with E-state index in [2.05, 4.69) is 16.0 Å². The van der Waals surface area contributed by atoms with Gasteiger partial charge < -0.3 is 19.9 Å². The van der Waals surface area contributed by atoms with Crippen LogP contribution in [0.5, 0.6) is 17.2 Å². The summed E-state index contributed by atoms with van der Waals surface area (Å²) in [6.07, 6.45) is 1.77. The third kappa shape index (κ3) is 2.71. The summed E-state index contributed by atoms with van der Waals surface area (Å²) < 4.78 is 18.0. The monoisotopic (exact) mass is 410 g/mol. The first-order valence-electron chi connectivity index (χ1n) is 8.38. The van der Waals surface area contributed by atoms with Gasteiger partial charge in [-0.15, -0.1) is 0 Å². The number of hydrogen-bond donors (Lipinski definition) is 2. The number of nitriles is 1. The highest BCUT2D eigenvalue weighted by molar-refractivity contribution is 7.14. The predicted molar refractivity (Wildman–Crippen MR) is 108 cm³/mol. The minimum atomic E-state index is -0.390. The van der Waals surface area contributed by atoms with Gasteiger partial charge in [-0.05, 0) is 6.07 Å². The molecule has 0 aliphatic rings. The molecule has 4 rings (SSSR count). The molecule has 0 amide bonds. The maximum atomic E-state index is 13.0. The summed E-state index contributed by atoms with van der Waals surface area (Å²) in [5, 5.41) is 11.8. The second-order valence-electron chi connectivity index (χ2n) is 6.00. The Balaban J connectivity index is 2.25. The predicted octanol–water partition coefficient (Wildman–Crippen LogP) is 1.87. The number of fused-ring (bicyclic) bond motifs is 3. The van der Waals surface area contributed by atoms with Crippen molar-refractivity contribution in [3.8, 4) is 34.4 Å². The van der Waals surface area contributed by atoms with Crippen LogP contribution in [0.15, 0.2) is 28.5 Å². The maximum absolute atomic E-state index is 13.0. The summed E-state index contributed by atoms with van der Waals surface area (Å²) in [6, 6.07) is 5.34. The van der Waals surface area contributed by atoms with Gasteiger partial charge >= 0.3 is 5.56 Å². The first-order chi connectivity index (χ1) is 14.0. The summed E-state index contributed by atoms with van der Waals surface area (Å²) in [7, 11) is 4.49. The molecule has 146 valence electrons. The van der Waals surface area contributed by atoms with E-state index in [4.69, 9.17) is 19.9 Å². The molecular formula is C19H16N5O4S+. The number of nitrogens with two attached hydrogens (primary N) is 1. The summed E-state index contributed by atoms with van der Waals surface area (Å²) >= 11 is 1.35. The van der Waals surface area contributed by atoms with Crippen LogP contribution in [0.25, 0.3) is 27.1 Å². The Kier molecular flexibility index (Phi) is 4.44. The summed E-state index contributed by atoms with van der Waals surface area (Å²) in [5.74, 6) is 1.26. The highest BCUT2D eigenvalue weighted by Gasteiger charge is 2.27. The van der Waals surface area contributed by atoms with E-state index >= 15 is 0 Å². The van der Waals surface area contributed by atoms with E-state index in [0.717, 1.165) is 0 Å². The molecule has 0 aliphatic carbocycles. The molecule has 29 heavy (non-hydrogen) atoms. The first kappa shape index (κ1) is 18.5. The lowest BCUT2D eigenvalue weighted by Crippen LogP contribution is -2.28. The lowest BCUT2D eigenvalue weighted by Gasteiger charge is -2.15. The number of hydrogen-bond acceptors (Lipinski definition) is 8. The van der Waals surface area contributed by atoms with Crippen molar-refractivity contribution in [3.63, 3.8) is 0 Å². The van der Waals surface area contributed by atoms with Gasteiger partial charge in [0.25, 0.3) is 10.6 Å². The van der Waals surface area contributed by atoms with Crippen LogP contribution in [0, 0.1) is 11.3 Å². The summed E-state index contributed by atoms with van der Waals surface area (Å²) in [5.41, 5.74) is 6.91. The number of thiazole rings is 1. The summed E-state index contributed by atoms with van der Waals surface area (Å²) in [6.45, 7) is 0. The molecule has 0 saturated carbocycles. The van der Waals surface area contributed by atoms with Crippen molar-refractivity contribution in [1.82, 2.24) is 9.97 Å². The highest BCUT2D eigenvalue weighted by atomic mass is 32.1. The zero-order valence-electron chi connectivity index (χ0n) is 15.8. The van der Waals surface area contributed by atoms with Crippen LogP contribution < -0.4 is 29.9 Å². The fourth-order valence-corrected chi connectivity index (χ4v) is 4.01. The van der Waals surface area contributed by atoms with Gasteiger partial charge in [-0.25, -0.2) is 4.98 Å². The number of anilines is 1. The Bertz CT molecular complexity index is 1370. The van der Waals surface area contributed by atoms with Crippen molar-refractivity contribution in [2.24, 2.45) is 0 Å². The van der Waals surface area contributed by atoms with Crippen molar-refractivity contribution in [2.45, 2.75) is 0 Å². The van der Waals surface area contributed by atoms with Gasteiger partial charge in [0.15, 0.2) is 11.5 Å². The minimum Gasteiger partial charge on any atom is -0.496 e. The van der Waals surface area contributed by atoms with Crippen molar-refractivity contribution in [2.75, 3.05) is 27.1 Å². The second kappa shape index (κ2) is 6.96. The van der Waals surface area contributed by atoms with Crippen LogP contribution in [0.3, 0.4) is 0 Å². The molecule has 0 unspecified atom stereocenters. The van der Waals surface area contributed by atoms with Crippen molar-refractivity contribution >= 4 is 33.1 Å². The molecule has 3 aromatic heterocycles. The number of rotatable bonds is 4. The van der Waals surface area contributed by atoms with Crippen molar-refractivity contribution in [3.05, 3.63) is 39.6 Å². The normalized spacial score (nSPS) is 10.8. The SMILES string of the molecule is COc1cc(OC)c(-c2c(C#N)c(N)nc3c2c(=O)[nH]c2scc[n+]23)cc1OC. The summed E-state index contributed by atoms with van der Waals surface area (Å²) in [4.78, 5) is 20.7. The van der Waals surface area contributed by atoms with E-state index in [1.54, 1.807) is 22.7 Å². The van der Waals surface area contributed by atoms with Crippen LogP contribution in [0.1, 0.15) is 5.56 Å². The van der Waals surface area contributed by atoms with Gasteiger partial charge in [0, 0.05) is 22.6 Å². The second-order valence-corrected chi connectivity index (χ2v) is 6.89. The number of aromatic nitrogens is 3. The molecule has 0 atom stereocenters. The number of pyridine rings is 1. The zero-order valence-corrected chi connectivity index (χ0v) is 16.6. The maximum Gasteiger partial charge on any atom is 0.319 e. The molecule has 3 N–H and O–H groups in total. The first-order valence-corrected chi connectivity index (χ1v) is 9.26. The average molecular weight is 410 g/mol. The van der Waals surface area contributed by atoms with Crippen LogP contribution in [0.2, 0.25) is 0 Å². The minimum absolute atomic E-state index is 0.0115. The molecule has 0 aliphatic heterocycles. The topological polar surface area (TPSA) is 127 Å². The van der Waals surface area contributed by atoms with Crippen LogP contribution in [0.4, 0.5) is 5.82 Å². The highest BCUT2D eigenvalue weighted by Crippen LogP contribution is 2.43. The Morgan fingerprint density at radius 3 is 2.52 bits per heavy atom. The van der Waals surface area contributed by atoms with Crippen LogP contribution in [-0.2, 0) is 0 Å². The standard InChI is InChI=1S/C19H15N5O4S/c1-26-11-7-13(28-3)12(27-2)6-9(11)14-10(8-20)16(21)22-17-15(14)18(25)23-19-24(17)4-5-29-19/h4-7H,1-3H3,(H2,21,22,25)/p+1. The molecule has 4 aromatic rings. The molecule has 0 fully saturated rings. The van der Waals surface area contributed by atoms with Crippen LogP contribution >= 0.6 is 11.3 Å². The fraction of sp³-hybridized carbons (Fsp3) is 0.158. The molecule has 0 spiro atoms.